The lowest BCUT2D eigenvalue weighted by molar-refractivity contribution is -0.0155. The van der Waals surface area contributed by atoms with Gasteiger partial charge in [0.15, 0.2) is 0 Å². The standard InChI is InChI=1S/C19H23N3OS/c1-18(2,3)11-19(23,12-22-13-20-21-14-22)17-9-16(10-24-17)15-7-5-4-6-8-15/h4-10,13-14,23H,11-12H2,1-3H3. The number of rotatable bonds is 5. The minimum atomic E-state index is -0.946. The van der Waals surface area contributed by atoms with E-state index >= 15 is 0 Å². The minimum Gasteiger partial charge on any atom is -0.382 e. The Hall–Kier alpha value is -1.98. The van der Waals surface area contributed by atoms with Gasteiger partial charge in [-0.15, -0.1) is 21.5 Å². The summed E-state index contributed by atoms with van der Waals surface area (Å²) in [7, 11) is 0. The Morgan fingerprint density at radius 3 is 2.33 bits per heavy atom. The van der Waals surface area contributed by atoms with Crippen LogP contribution < -0.4 is 0 Å². The van der Waals surface area contributed by atoms with E-state index in [0.717, 1.165) is 10.4 Å². The molecule has 24 heavy (non-hydrogen) atoms. The van der Waals surface area contributed by atoms with E-state index in [1.165, 1.54) is 5.56 Å². The summed E-state index contributed by atoms with van der Waals surface area (Å²) in [4.78, 5) is 0.977. The van der Waals surface area contributed by atoms with Crippen LogP contribution in [0.25, 0.3) is 11.1 Å². The van der Waals surface area contributed by atoms with Crippen molar-refractivity contribution in [2.45, 2.75) is 39.3 Å². The Morgan fingerprint density at radius 2 is 1.71 bits per heavy atom. The highest BCUT2D eigenvalue weighted by Gasteiger charge is 2.36. The van der Waals surface area contributed by atoms with E-state index in [4.69, 9.17) is 0 Å². The zero-order valence-electron chi connectivity index (χ0n) is 14.3. The van der Waals surface area contributed by atoms with Crippen molar-refractivity contribution >= 4 is 11.3 Å². The summed E-state index contributed by atoms with van der Waals surface area (Å²) >= 11 is 1.61. The molecule has 0 aliphatic heterocycles. The third kappa shape index (κ3) is 3.91. The quantitative estimate of drug-likeness (QED) is 0.751. The fraction of sp³-hybridized carbons (Fsp3) is 0.368. The predicted molar refractivity (Wildman–Crippen MR) is 97.7 cm³/mol. The van der Waals surface area contributed by atoms with Crippen molar-refractivity contribution in [3.63, 3.8) is 0 Å². The van der Waals surface area contributed by atoms with Crippen LogP contribution in [0.4, 0.5) is 0 Å². The Balaban J connectivity index is 1.95. The molecule has 0 saturated heterocycles. The molecule has 0 bridgehead atoms. The average molecular weight is 341 g/mol. The van der Waals surface area contributed by atoms with Gasteiger partial charge in [-0.2, -0.15) is 0 Å². The second kappa shape index (κ2) is 6.49. The molecule has 0 aliphatic carbocycles. The van der Waals surface area contributed by atoms with Crippen LogP contribution in [-0.2, 0) is 12.1 Å². The van der Waals surface area contributed by atoms with E-state index in [-0.39, 0.29) is 5.41 Å². The maximum atomic E-state index is 11.5. The lowest BCUT2D eigenvalue weighted by Gasteiger charge is -2.33. The second-order valence-electron chi connectivity index (χ2n) is 7.47. The molecule has 1 N–H and O–H groups in total. The van der Waals surface area contributed by atoms with Gasteiger partial charge in [-0.05, 0) is 34.4 Å². The van der Waals surface area contributed by atoms with Gasteiger partial charge >= 0.3 is 0 Å². The molecule has 0 spiro atoms. The van der Waals surface area contributed by atoms with Crippen LogP contribution in [0, 0.1) is 5.41 Å². The van der Waals surface area contributed by atoms with Gasteiger partial charge in [0.25, 0.3) is 0 Å². The van der Waals surface area contributed by atoms with Crippen molar-refractivity contribution in [2.24, 2.45) is 5.41 Å². The van der Waals surface area contributed by atoms with E-state index in [2.05, 4.69) is 54.5 Å². The van der Waals surface area contributed by atoms with E-state index in [9.17, 15) is 5.11 Å². The Labute approximate surface area is 146 Å². The summed E-state index contributed by atoms with van der Waals surface area (Å²) in [6.45, 7) is 6.90. The molecule has 1 atom stereocenters. The summed E-state index contributed by atoms with van der Waals surface area (Å²) in [5, 5.41) is 21.3. The van der Waals surface area contributed by atoms with Gasteiger partial charge < -0.3 is 9.67 Å². The third-order valence-corrected chi connectivity index (χ3v) is 5.02. The molecule has 0 saturated carbocycles. The molecule has 5 heteroatoms. The van der Waals surface area contributed by atoms with Crippen LogP contribution in [0.2, 0.25) is 0 Å². The Bertz CT molecular complexity index is 775. The Kier molecular flexibility index (Phi) is 4.56. The molecule has 1 aromatic carbocycles. The van der Waals surface area contributed by atoms with Gasteiger partial charge in [-0.25, -0.2) is 0 Å². The largest absolute Gasteiger partial charge is 0.382 e. The van der Waals surface area contributed by atoms with Crippen LogP contribution in [-0.4, -0.2) is 19.9 Å². The minimum absolute atomic E-state index is 0.000337. The number of hydrogen-bond donors (Lipinski definition) is 1. The smallest absolute Gasteiger partial charge is 0.119 e. The molecule has 3 rings (SSSR count). The van der Waals surface area contributed by atoms with Gasteiger partial charge in [0, 0.05) is 4.88 Å². The monoisotopic (exact) mass is 341 g/mol. The summed E-state index contributed by atoms with van der Waals surface area (Å²) in [5.41, 5.74) is 1.37. The van der Waals surface area contributed by atoms with Gasteiger partial charge in [-0.3, -0.25) is 0 Å². The first-order chi connectivity index (χ1) is 11.4. The first-order valence-corrected chi connectivity index (χ1v) is 8.93. The summed E-state index contributed by atoms with van der Waals surface area (Å²) in [5.74, 6) is 0. The summed E-state index contributed by atoms with van der Waals surface area (Å²) in [6.07, 6.45) is 3.96. The summed E-state index contributed by atoms with van der Waals surface area (Å²) < 4.78 is 1.84. The number of aromatic nitrogens is 3. The molecule has 0 fully saturated rings. The van der Waals surface area contributed by atoms with E-state index in [1.807, 2.05) is 22.8 Å². The molecule has 1 unspecified atom stereocenters. The maximum absolute atomic E-state index is 11.5. The van der Waals surface area contributed by atoms with Crippen molar-refractivity contribution in [3.05, 3.63) is 59.3 Å². The molecular weight excluding hydrogens is 318 g/mol. The summed E-state index contributed by atoms with van der Waals surface area (Å²) in [6, 6.07) is 12.4. The first kappa shape index (κ1) is 16.9. The van der Waals surface area contributed by atoms with Gasteiger partial charge in [-0.1, -0.05) is 51.1 Å². The van der Waals surface area contributed by atoms with Gasteiger partial charge in [0.1, 0.15) is 18.3 Å². The number of nitrogens with zero attached hydrogens (tertiary/aromatic N) is 3. The fourth-order valence-corrected chi connectivity index (χ4v) is 4.08. The zero-order chi connectivity index (χ0) is 17.2. The molecule has 0 aliphatic rings. The van der Waals surface area contributed by atoms with Crippen LogP contribution in [0.1, 0.15) is 32.1 Å². The topological polar surface area (TPSA) is 50.9 Å². The highest BCUT2D eigenvalue weighted by atomic mass is 32.1. The van der Waals surface area contributed by atoms with Crippen molar-refractivity contribution < 1.29 is 5.11 Å². The lowest BCUT2D eigenvalue weighted by atomic mass is 9.80. The average Bonchev–Trinajstić information content (AvgIpc) is 3.17. The predicted octanol–water partition coefficient (Wildman–Crippen LogP) is 4.33. The molecular formula is C19H23N3OS. The second-order valence-corrected chi connectivity index (χ2v) is 8.38. The van der Waals surface area contributed by atoms with Crippen LogP contribution >= 0.6 is 11.3 Å². The Morgan fingerprint density at radius 1 is 1.04 bits per heavy atom. The maximum Gasteiger partial charge on any atom is 0.119 e. The first-order valence-electron chi connectivity index (χ1n) is 8.05. The van der Waals surface area contributed by atoms with Crippen LogP contribution in [0.15, 0.2) is 54.4 Å². The van der Waals surface area contributed by atoms with Crippen LogP contribution in [0.5, 0.6) is 0 Å². The van der Waals surface area contributed by atoms with Crippen molar-refractivity contribution in [1.82, 2.24) is 14.8 Å². The van der Waals surface area contributed by atoms with Gasteiger partial charge in [0.2, 0.25) is 0 Å². The van der Waals surface area contributed by atoms with Crippen molar-refractivity contribution in [2.75, 3.05) is 0 Å². The van der Waals surface area contributed by atoms with Gasteiger partial charge in [0.05, 0.1) is 6.54 Å². The molecule has 0 amide bonds. The molecule has 2 aromatic heterocycles. The normalized spacial score (nSPS) is 14.5. The van der Waals surface area contributed by atoms with Crippen LogP contribution in [0.3, 0.4) is 0 Å². The number of thiophene rings is 1. The fourth-order valence-electron chi connectivity index (χ4n) is 3.07. The zero-order valence-corrected chi connectivity index (χ0v) is 15.1. The molecule has 4 nitrogen and oxygen atoms in total. The number of aliphatic hydroxyl groups is 1. The molecule has 3 aromatic rings. The van der Waals surface area contributed by atoms with Crippen molar-refractivity contribution in [1.29, 1.82) is 0 Å². The highest BCUT2D eigenvalue weighted by Crippen LogP contribution is 2.40. The SMILES string of the molecule is CC(C)(C)CC(O)(Cn1cnnc1)c1cc(-c2ccccc2)cs1. The molecule has 126 valence electrons. The van der Waals surface area contributed by atoms with Crippen molar-refractivity contribution in [3.8, 4) is 11.1 Å². The highest BCUT2D eigenvalue weighted by molar-refractivity contribution is 7.10. The van der Waals surface area contributed by atoms with E-state index < -0.39 is 5.60 Å². The number of benzene rings is 1. The third-order valence-electron chi connectivity index (χ3n) is 3.90. The molecule has 0 radical (unpaired) electrons. The molecule has 2 heterocycles. The number of hydrogen-bond acceptors (Lipinski definition) is 4. The van der Waals surface area contributed by atoms with E-state index in [1.54, 1.807) is 24.0 Å². The van der Waals surface area contributed by atoms with E-state index in [0.29, 0.717) is 13.0 Å². The lowest BCUT2D eigenvalue weighted by Crippen LogP contribution is -2.34.